The Balaban J connectivity index is 2.04. The van der Waals surface area contributed by atoms with Crippen LogP contribution in [-0.4, -0.2) is 50.9 Å². The lowest BCUT2D eigenvalue weighted by Gasteiger charge is -2.24. The highest BCUT2D eigenvalue weighted by Gasteiger charge is 2.46. The Bertz CT molecular complexity index is 1020. The molecule has 2 heterocycles. The normalized spacial score (nSPS) is 18.0. The zero-order valence-electron chi connectivity index (χ0n) is 17.2. The molecule has 31 heavy (non-hydrogen) atoms. The molecule has 1 aromatic carbocycles. The monoisotopic (exact) mass is 425 g/mol. The summed E-state index contributed by atoms with van der Waals surface area (Å²) in [7, 11) is 0. The number of rotatable bonds is 8. The third-order valence-electron chi connectivity index (χ3n) is 4.83. The number of nitrogens with zero attached hydrogens (tertiary/aromatic N) is 3. The zero-order valence-corrected chi connectivity index (χ0v) is 17.2. The molecule has 9 nitrogen and oxygen atoms in total. The molecule has 1 aliphatic heterocycles. The van der Waals surface area contributed by atoms with Gasteiger partial charge in [0.15, 0.2) is 0 Å². The number of nitro benzene ring substituents is 1. The average molecular weight is 425 g/mol. The minimum absolute atomic E-state index is 0.0378. The van der Waals surface area contributed by atoms with Gasteiger partial charge < -0.3 is 14.7 Å². The largest absolute Gasteiger partial charge is 0.507 e. The van der Waals surface area contributed by atoms with Crippen LogP contribution in [-0.2, 0) is 14.3 Å². The SMILES string of the molecule is CC(C)OCCCN1C(=O)C(=O)C(=C(O)c2cccc([N+](=O)[O-])c2)[C@@H]1c1ccccn1. The van der Waals surface area contributed by atoms with Crippen molar-refractivity contribution in [2.45, 2.75) is 32.4 Å². The number of hydrogen-bond acceptors (Lipinski definition) is 7. The standard InChI is InChI=1S/C22H23N3O6/c1-14(2)31-12-6-11-24-19(17-9-3-4-10-23-17)18(21(27)22(24)28)20(26)15-7-5-8-16(13-15)25(29)30/h3-5,7-10,13-14,19,26H,6,11-12H2,1-2H3/t19-/m0/s1. The molecule has 3 rings (SSSR count). The Hall–Kier alpha value is -3.59. The van der Waals surface area contributed by atoms with E-state index in [9.17, 15) is 24.8 Å². The van der Waals surface area contributed by atoms with Gasteiger partial charge in [-0.15, -0.1) is 0 Å². The lowest BCUT2D eigenvalue weighted by molar-refractivity contribution is -0.384. The van der Waals surface area contributed by atoms with Gasteiger partial charge in [0.05, 0.1) is 22.3 Å². The molecule has 1 atom stereocenters. The Kier molecular flexibility index (Phi) is 6.76. The van der Waals surface area contributed by atoms with Crippen LogP contribution in [0.5, 0.6) is 0 Å². The van der Waals surface area contributed by atoms with Gasteiger partial charge in [-0.05, 0) is 32.4 Å². The van der Waals surface area contributed by atoms with Crippen LogP contribution in [0.1, 0.15) is 37.6 Å². The van der Waals surface area contributed by atoms with E-state index in [0.717, 1.165) is 6.07 Å². The molecule has 9 heteroatoms. The Labute approximate surface area is 179 Å². The topological polar surface area (TPSA) is 123 Å². The Morgan fingerprint density at radius 1 is 1.26 bits per heavy atom. The quantitative estimate of drug-likeness (QED) is 0.172. The number of non-ortho nitro benzene ring substituents is 1. The molecule has 1 fully saturated rings. The van der Waals surface area contributed by atoms with Gasteiger partial charge in [0, 0.05) is 37.0 Å². The maximum atomic E-state index is 12.9. The number of nitro groups is 1. The summed E-state index contributed by atoms with van der Waals surface area (Å²) >= 11 is 0. The Morgan fingerprint density at radius 2 is 2.03 bits per heavy atom. The van der Waals surface area contributed by atoms with Crippen LogP contribution in [0, 0.1) is 10.1 Å². The van der Waals surface area contributed by atoms with Crippen LogP contribution < -0.4 is 0 Å². The molecule has 1 saturated heterocycles. The van der Waals surface area contributed by atoms with E-state index >= 15 is 0 Å². The van der Waals surface area contributed by atoms with Gasteiger partial charge in [-0.2, -0.15) is 0 Å². The first kappa shape index (κ1) is 22.1. The second kappa shape index (κ2) is 9.48. The maximum Gasteiger partial charge on any atom is 0.295 e. The summed E-state index contributed by atoms with van der Waals surface area (Å²) in [4.78, 5) is 41.8. The molecule has 1 N–H and O–H groups in total. The summed E-state index contributed by atoms with van der Waals surface area (Å²) in [5.74, 6) is -2.09. The number of benzene rings is 1. The van der Waals surface area contributed by atoms with Crippen LogP contribution >= 0.6 is 0 Å². The minimum atomic E-state index is -0.903. The Morgan fingerprint density at radius 3 is 2.68 bits per heavy atom. The van der Waals surface area contributed by atoms with Gasteiger partial charge >= 0.3 is 0 Å². The van der Waals surface area contributed by atoms with Crippen LogP contribution in [0.2, 0.25) is 0 Å². The molecule has 0 unspecified atom stereocenters. The van der Waals surface area contributed by atoms with Crippen LogP contribution in [0.4, 0.5) is 5.69 Å². The summed E-state index contributed by atoms with van der Waals surface area (Å²) in [5, 5.41) is 22.0. The zero-order chi connectivity index (χ0) is 22.5. The third-order valence-corrected chi connectivity index (χ3v) is 4.83. The second-order valence-corrected chi connectivity index (χ2v) is 7.33. The number of amides is 1. The molecule has 162 valence electrons. The van der Waals surface area contributed by atoms with E-state index in [2.05, 4.69) is 4.98 Å². The smallest absolute Gasteiger partial charge is 0.295 e. The number of aliphatic hydroxyl groups excluding tert-OH is 1. The molecular weight excluding hydrogens is 402 g/mol. The van der Waals surface area contributed by atoms with Gasteiger partial charge in [0.2, 0.25) is 0 Å². The van der Waals surface area contributed by atoms with Gasteiger partial charge in [-0.1, -0.05) is 18.2 Å². The summed E-state index contributed by atoms with van der Waals surface area (Å²) in [6.45, 7) is 4.43. The van der Waals surface area contributed by atoms with Crippen molar-refractivity contribution in [1.82, 2.24) is 9.88 Å². The number of likely N-dealkylation sites (tertiary alicyclic amines) is 1. The van der Waals surface area contributed by atoms with Crippen molar-refractivity contribution in [3.63, 3.8) is 0 Å². The van der Waals surface area contributed by atoms with Crippen molar-refractivity contribution in [2.75, 3.05) is 13.2 Å². The van der Waals surface area contributed by atoms with Crippen molar-refractivity contribution in [3.05, 3.63) is 75.6 Å². The van der Waals surface area contributed by atoms with E-state index in [0.29, 0.717) is 18.7 Å². The van der Waals surface area contributed by atoms with Crippen molar-refractivity contribution < 1.29 is 24.4 Å². The summed E-state index contributed by atoms with van der Waals surface area (Å²) < 4.78 is 5.52. The number of ketones is 1. The van der Waals surface area contributed by atoms with E-state index in [4.69, 9.17) is 4.74 Å². The molecule has 0 radical (unpaired) electrons. The number of aliphatic hydroxyl groups is 1. The number of ether oxygens (including phenoxy) is 1. The number of hydrogen-bond donors (Lipinski definition) is 1. The van der Waals surface area contributed by atoms with E-state index < -0.39 is 28.4 Å². The van der Waals surface area contributed by atoms with E-state index in [-0.39, 0.29) is 29.5 Å². The molecular formula is C22H23N3O6. The molecule has 2 aromatic rings. The number of carbonyl (C=O) groups is 2. The van der Waals surface area contributed by atoms with Crippen molar-refractivity contribution in [1.29, 1.82) is 0 Å². The highest BCUT2D eigenvalue weighted by molar-refractivity contribution is 6.46. The molecule has 1 aromatic heterocycles. The molecule has 0 bridgehead atoms. The third kappa shape index (κ3) is 4.77. The number of carbonyl (C=O) groups excluding carboxylic acids is 2. The fourth-order valence-electron chi connectivity index (χ4n) is 3.43. The lowest BCUT2D eigenvalue weighted by Crippen LogP contribution is -2.31. The number of pyridine rings is 1. The lowest BCUT2D eigenvalue weighted by atomic mass is 9.98. The predicted octanol–water partition coefficient (Wildman–Crippen LogP) is 3.23. The summed E-state index contributed by atoms with van der Waals surface area (Å²) in [6, 6.07) is 9.47. The minimum Gasteiger partial charge on any atom is -0.507 e. The van der Waals surface area contributed by atoms with E-state index in [1.807, 2.05) is 13.8 Å². The number of Topliss-reactive ketones (excluding diaryl/α,β-unsaturated/α-hetero) is 1. The van der Waals surface area contributed by atoms with E-state index in [1.165, 1.54) is 29.3 Å². The van der Waals surface area contributed by atoms with E-state index in [1.54, 1.807) is 18.2 Å². The first-order valence-corrected chi connectivity index (χ1v) is 9.87. The molecule has 0 spiro atoms. The molecule has 1 aliphatic rings. The number of aromatic nitrogens is 1. The average Bonchev–Trinajstić information content (AvgIpc) is 3.01. The van der Waals surface area contributed by atoms with Crippen LogP contribution in [0.25, 0.3) is 5.76 Å². The highest BCUT2D eigenvalue weighted by atomic mass is 16.6. The van der Waals surface area contributed by atoms with Gasteiger partial charge in [-0.3, -0.25) is 24.7 Å². The fourth-order valence-corrected chi connectivity index (χ4v) is 3.43. The fraction of sp³-hybridized carbons (Fsp3) is 0.318. The van der Waals surface area contributed by atoms with Crippen LogP contribution in [0.15, 0.2) is 54.2 Å². The second-order valence-electron chi connectivity index (χ2n) is 7.33. The molecule has 0 aliphatic carbocycles. The van der Waals surface area contributed by atoms with Gasteiger partial charge in [0.1, 0.15) is 11.8 Å². The predicted molar refractivity (Wildman–Crippen MR) is 112 cm³/mol. The maximum absolute atomic E-state index is 12.9. The first-order chi connectivity index (χ1) is 14.8. The van der Waals surface area contributed by atoms with Crippen molar-refractivity contribution in [3.8, 4) is 0 Å². The first-order valence-electron chi connectivity index (χ1n) is 9.87. The van der Waals surface area contributed by atoms with Gasteiger partial charge in [-0.25, -0.2) is 0 Å². The van der Waals surface area contributed by atoms with Crippen LogP contribution in [0.3, 0.4) is 0 Å². The highest BCUT2D eigenvalue weighted by Crippen LogP contribution is 2.38. The van der Waals surface area contributed by atoms with Gasteiger partial charge in [0.25, 0.3) is 17.4 Å². The van der Waals surface area contributed by atoms with Crippen molar-refractivity contribution in [2.24, 2.45) is 0 Å². The molecule has 1 amide bonds. The summed E-state index contributed by atoms with van der Waals surface area (Å²) in [5.41, 5.74) is 0.113. The summed E-state index contributed by atoms with van der Waals surface area (Å²) in [6.07, 6.45) is 2.06. The molecule has 0 saturated carbocycles. The van der Waals surface area contributed by atoms with Crippen molar-refractivity contribution >= 4 is 23.1 Å².